The molecular formula is C19H20N6O4S. The molecule has 0 N–H and O–H groups in total. The molecule has 1 fully saturated rings. The minimum Gasteiger partial charge on any atom is -0.455 e. The van der Waals surface area contributed by atoms with Crippen molar-refractivity contribution in [2.24, 2.45) is 5.10 Å². The topological polar surface area (TPSA) is 104 Å². The van der Waals surface area contributed by atoms with Crippen LogP contribution in [-0.4, -0.2) is 56.8 Å². The molecule has 30 heavy (non-hydrogen) atoms. The van der Waals surface area contributed by atoms with E-state index in [0.717, 1.165) is 18.7 Å². The van der Waals surface area contributed by atoms with Crippen molar-refractivity contribution in [1.29, 1.82) is 0 Å². The molecule has 1 aromatic carbocycles. The van der Waals surface area contributed by atoms with Gasteiger partial charge in [-0.3, -0.25) is 15.0 Å². The number of rotatable bonds is 6. The average molecular weight is 428 g/mol. The van der Waals surface area contributed by atoms with Gasteiger partial charge in [-0.15, -0.1) is 0 Å². The Kier molecular flexibility index (Phi) is 5.84. The first kappa shape index (κ1) is 20.1. The predicted molar refractivity (Wildman–Crippen MR) is 112 cm³/mol. The number of morpholine rings is 1. The highest BCUT2D eigenvalue weighted by Gasteiger charge is 2.14. The van der Waals surface area contributed by atoms with Crippen LogP contribution in [0.4, 0.5) is 5.69 Å². The fraction of sp³-hybridized carbons (Fsp3) is 0.316. The summed E-state index contributed by atoms with van der Waals surface area (Å²) in [6.07, 6.45) is 1.57. The van der Waals surface area contributed by atoms with E-state index < -0.39 is 4.92 Å². The van der Waals surface area contributed by atoms with Gasteiger partial charge in [0.2, 0.25) is 4.77 Å². The summed E-state index contributed by atoms with van der Waals surface area (Å²) in [5.41, 5.74) is 0.775. The molecule has 1 saturated heterocycles. The van der Waals surface area contributed by atoms with Crippen molar-refractivity contribution < 1.29 is 14.1 Å². The largest absolute Gasteiger partial charge is 0.455 e. The number of nitrogens with zero attached hydrogens (tertiary/aromatic N) is 6. The number of aromatic nitrogens is 3. The Balaban J connectivity index is 1.49. The Morgan fingerprint density at radius 3 is 2.67 bits per heavy atom. The molecule has 0 radical (unpaired) electrons. The van der Waals surface area contributed by atoms with Gasteiger partial charge in [-0.1, -0.05) is 0 Å². The Hall–Kier alpha value is -3.15. The number of ether oxygens (including phenoxy) is 1. The Bertz CT molecular complexity index is 1120. The van der Waals surface area contributed by atoms with Crippen LogP contribution in [0.15, 0.2) is 45.9 Å². The zero-order valence-corrected chi connectivity index (χ0v) is 17.1. The van der Waals surface area contributed by atoms with E-state index in [4.69, 9.17) is 21.4 Å². The monoisotopic (exact) mass is 428 g/mol. The van der Waals surface area contributed by atoms with Crippen molar-refractivity contribution in [3.8, 4) is 11.3 Å². The summed E-state index contributed by atoms with van der Waals surface area (Å²) >= 11 is 5.52. The Labute approximate surface area is 177 Å². The molecule has 10 nitrogen and oxygen atoms in total. The third-order valence-corrected chi connectivity index (χ3v) is 5.09. The third kappa shape index (κ3) is 4.37. The Morgan fingerprint density at radius 1 is 1.23 bits per heavy atom. The van der Waals surface area contributed by atoms with E-state index in [0.29, 0.717) is 42.0 Å². The first-order valence-corrected chi connectivity index (χ1v) is 9.77. The summed E-state index contributed by atoms with van der Waals surface area (Å²) in [6.45, 7) is 5.54. The van der Waals surface area contributed by atoms with Crippen LogP contribution >= 0.6 is 12.2 Å². The number of aryl methyl sites for hydroxylation is 1. The number of nitro benzene ring substituents is 1. The predicted octanol–water partition coefficient (Wildman–Crippen LogP) is 3.06. The summed E-state index contributed by atoms with van der Waals surface area (Å²) in [6, 6.07) is 9.74. The minimum absolute atomic E-state index is 0.0334. The maximum Gasteiger partial charge on any atom is 0.269 e. The number of furan rings is 1. The smallest absolute Gasteiger partial charge is 0.269 e. The molecule has 0 unspecified atom stereocenters. The molecule has 2 aromatic heterocycles. The zero-order chi connectivity index (χ0) is 21.1. The number of hydrogen-bond acceptors (Lipinski definition) is 8. The quantitative estimate of drug-likeness (QED) is 0.257. The molecule has 0 saturated carbocycles. The molecule has 11 heteroatoms. The van der Waals surface area contributed by atoms with Gasteiger partial charge in [0.15, 0.2) is 5.82 Å². The standard InChI is InChI=1S/C19H20N6O4S/c1-14-21-23(13-22-8-10-28-11-9-22)19(30)24(14)20-12-17-6-7-18(29-17)15-2-4-16(5-3-15)25(26)27/h2-7,12H,8-11,13H2,1H3/b20-12-. The van der Waals surface area contributed by atoms with E-state index in [2.05, 4.69) is 15.1 Å². The summed E-state index contributed by atoms with van der Waals surface area (Å²) in [5.74, 6) is 1.80. The molecule has 156 valence electrons. The van der Waals surface area contributed by atoms with Gasteiger partial charge in [-0.25, -0.2) is 4.68 Å². The average Bonchev–Trinajstić information content (AvgIpc) is 3.32. The van der Waals surface area contributed by atoms with Gasteiger partial charge in [0, 0.05) is 30.8 Å². The first-order chi connectivity index (χ1) is 14.5. The van der Waals surface area contributed by atoms with Crippen LogP contribution in [0.3, 0.4) is 0 Å². The molecule has 3 heterocycles. The molecule has 1 aliphatic heterocycles. The number of nitro groups is 1. The van der Waals surface area contributed by atoms with Crippen LogP contribution in [0.25, 0.3) is 11.3 Å². The second-order valence-corrected chi connectivity index (χ2v) is 7.13. The van der Waals surface area contributed by atoms with Crippen molar-refractivity contribution in [3.63, 3.8) is 0 Å². The fourth-order valence-electron chi connectivity index (χ4n) is 3.10. The van der Waals surface area contributed by atoms with Crippen molar-refractivity contribution in [3.05, 3.63) is 62.9 Å². The van der Waals surface area contributed by atoms with Crippen LogP contribution < -0.4 is 0 Å². The second-order valence-electron chi connectivity index (χ2n) is 6.76. The van der Waals surface area contributed by atoms with Gasteiger partial charge in [-0.05, 0) is 43.4 Å². The van der Waals surface area contributed by atoms with Crippen molar-refractivity contribution in [2.75, 3.05) is 26.3 Å². The van der Waals surface area contributed by atoms with Crippen molar-refractivity contribution >= 4 is 24.1 Å². The van der Waals surface area contributed by atoms with E-state index in [1.807, 2.05) is 6.92 Å². The zero-order valence-electron chi connectivity index (χ0n) is 16.3. The lowest BCUT2D eigenvalue weighted by Gasteiger charge is -2.25. The summed E-state index contributed by atoms with van der Waals surface area (Å²) in [4.78, 5) is 12.6. The normalized spacial score (nSPS) is 15.1. The fourth-order valence-corrected chi connectivity index (χ4v) is 3.38. The summed E-state index contributed by atoms with van der Waals surface area (Å²) in [7, 11) is 0. The highest BCUT2D eigenvalue weighted by atomic mass is 32.1. The van der Waals surface area contributed by atoms with Crippen LogP contribution in [0, 0.1) is 21.8 Å². The van der Waals surface area contributed by atoms with Gasteiger partial charge in [-0.2, -0.15) is 14.9 Å². The lowest BCUT2D eigenvalue weighted by Crippen LogP contribution is -2.37. The van der Waals surface area contributed by atoms with Crippen LogP contribution in [0.5, 0.6) is 0 Å². The van der Waals surface area contributed by atoms with Gasteiger partial charge in [0.1, 0.15) is 11.5 Å². The van der Waals surface area contributed by atoms with Crippen molar-refractivity contribution in [2.45, 2.75) is 13.6 Å². The van der Waals surface area contributed by atoms with Gasteiger partial charge >= 0.3 is 0 Å². The molecule has 1 aliphatic rings. The molecule has 0 aliphatic carbocycles. The molecule has 3 aromatic rings. The molecule has 0 bridgehead atoms. The van der Waals surface area contributed by atoms with E-state index in [1.54, 1.807) is 39.8 Å². The molecule has 4 rings (SSSR count). The lowest BCUT2D eigenvalue weighted by atomic mass is 10.1. The van der Waals surface area contributed by atoms with Crippen LogP contribution in [0.1, 0.15) is 11.6 Å². The minimum atomic E-state index is -0.435. The lowest BCUT2D eigenvalue weighted by molar-refractivity contribution is -0.384. The van der Waals surface area contributed by atoms with Crippen LogP contribution in [-0.2, 0) is 11.4 Å². The van der Waals surface area contributed by atoms with Crippen molar-refractivity contribution in [1.82, 2.24) is 19.4 Å². The summed E-state index contributed by atoms with van der Waals surface area (Å²) < 4.78 is 15.0. The Morgan fingerprint density at radius 2 is 1.97 bits per heavy atom. The van der Waals surface area contributed by atoms with E-state index in [1.165, 1.54) is 12.1 Å². The number of benzene rings is 1. The highest BCUT2D eigenvalue weighted by molar-refractivity contribution is 7.71. The van der Waals surface area contributed by atoms with Gasteiger partial charge in [0.25, 0.3) is 5.69 Å². The maximum atomic E-state index is 10.8. The van der Waals surface area contributed by atoms with E-state index in [-0.39, 0.29) is 5.69 Å². The van der Waals surface area contributed by atoms with Crippen LogP contribution in [0.2, 0.25) is 0 Å². The summed E-state index contributed by atoms with van der Waals surface area (Å²) in [5, 5.41) is 19.7. The molecule has 0 amide bonds. The third-order valence-electron chi connectivity index (χ3n) is 4.70. The molecule has 0 atom stereocenters. The molecular weight excluding hydrogens is 408 g/mol. The first-order valence-electron chi connectivity index (χ1n) is 9.37. The molecule has 0 spiro atoms. The number of non-ortho nitro benzene ring substituents is 1. The van der Waals surface area contributed by atoms with Gasteiger partial charge < -0.3 is 9.15 Å². The van der Waals surface area contributed by atoms with E-state index >= 15 is 0 Å². The highest BCUT2D eigenvalue weighted by Crippen LogP contribution is 2.24. The number of hydrogen-bond donors (Lipinski definition) is 0. The maximum absolute atomic E-state index is 10.8. The second kappa shape index (κ2) is 8.69. The SMILES string of the molecule is Cc1nn(CN2CCOCC2)c(=S)n1/N=C\c1ccc(-c2ccc([N+](=O)[O-])cc2)o1. The van der Waals surface area contributed by atoms with E-state index in [9.17, 15) is 10.1 Å². The van der Waals surface area contributed by atoms with Gasteiger partial charge in [0.05, 0.1) is 31.0 Å².